The average molecular weight is 292 g/mol. The molecule has 21 heavy (non-hydrogen) atoms. The number of ether oxygens (including phenoxy) is 1. The summed E-state index contributed by atoms with van der Waals surface area (Å²) in [5, 5.41) is 9.62. The third-order valence-corrected chi connectivity index (χ3v) is 3.09. The normalized spacial score (nSPS) is 11.2. The number of hydrogen-bond donors (Lipinski definition) is 1. The smallest absolute Gasteiger partial charge is 0.126 e. The predicted octanol–water partition coefficient (Wildman–Crippen LogP) is 5.37. The number of aliphatic hydroxyl groups is 1. The average Bonchev–Trinajstić information content (AvgIpc) is 2.44. The molecule has 0 bridgehead atoms. The molecule has 0 heterocycles. The molecule has 0 fully saturated rings. The second kappa shape index (κ2) is 10.4. The molecule has 0 radical (unpaired) electrons. The zero-order valence-corrected chi connectivity index (χ0v) is 14.6. The van der Waals surface area contributed by atoms with Gasteiger partial charge in [0.05, 0.1) is 12.7 Å². The van der Waals surface area contributed by atoms with Crippen LogP contribution in [0.1, 0.15) is 64.5 Å². The summed E-state index contributed by atoms with van der Waals surface area (Å²) in [5.74, 6) is 0.915. The Hall–Kier alpha value is -1.28. The van der Waals surface area contributed by atoms with Gasteiger partial charge in [0.15, 0.2) is 0 Å². The van der Waals surface area contributed by atoms with E-state index >= 15 is 0 Å². The van der Waals surface area contributed by atoms with Crippen molar-refractivity contribution >= 4 is 6.08 Å². The monoisotopic (exact) mass is 292 g/mol. The van der Waals surface area contributed by atoms with Gasteiger partial charge in [-0.1, -0.05) is 44.1 Å². The van der Waals surface area contributed by atoms with Crippen LogP contribution in [-0.4, -0.2) is 17.8 Å². The lowest BCUT2D eigenvalue weighted by molar-refractivity contribution is 0.0683. The summed E-state index contributed by atoms with van der Waals surface area (Å²) in [6.45, 7) is 9.81. The molecule has 1 N–H and O–H groups in total. The number of hydrogen-bond acceptors (Lipinski definition) is 2. The molecule has 0 atom stereocenters. The van der Waals surface area contributed by atoms with E-state index in [1.807, 2.05) is 33.8 Å². The van der Waals surface area contributed by atoms with Crippen LogP contribution >= 0.6 is 0 Å². The van der Waals surface area contributed by atoms with Crippen LogP contribution in [0, 0.1) is 6.92 Å². The molecule has 0 amide bonds. The summed E-state index contributed by atoms with van der Waals surface area (Å²) in [5.41, 5.74) is 1.83. The first kappa shape index (κ1) is 19.7. The van der Waals surface area contributed by atoms with Crippen molar-refractivity contribution in [3.63, 3.8) is 0 Å². The molecule has 1 rings (SSSR count). The van der Waals surface area contributed by atoms with Gasteiger partial charge in [0, 0.05) is 5.56 Å². The Morgan fingerprint density at radius 1 is 1.19 bits per heavy atom. The van der Waals surface area contributed by atoms with E-state index in [0.29, 0.717) is 0 Å². The fourth-order valence-corrected chi connectivity index (χ4v) is 2.01. The van der Waals surface area contributed by atoms with Gasteiger partial charge in [-0.3, -0.25) is 0 Å². The highest BCUT2D eigenvalue weighted by Gasteiger charge is 2.10. The Kier molecular flexibility index (Phi) is 9.81. The van der Waals surface area contributed by atoms with Gasteiger partial charge in [0.1, 0.15) is 5.75 Å². The van der Waals surface area contributed by atoms with Crippen molar-refractivity contribution < 1.29 is 9.84 Å². The maximum absolute atomic E-state index is 9.62. The zero-order chi connectivity index (χ0) is 16.3. The van der Waals surface area contributed by atoms with Crippen LogP contribution in [0.15, 0.2) is 24.3 Å². The Balaban J connectivity index is 0.00000191. The molecular weight excluding hydrogens is 260 g/mol. The SMILES string of the molecule is CC.COc1ccc(C)cc1/C=C/CCCCC(C)(C)O. The minimum atomic E-state index is -0.538. The molecular formula is C19H32O2. The van der Waals surface area contributed by atoms with E-state index in [9.17, 15) is 5.11 Å². The summed E-state index contributed by atoms with van der Waals surface area (Å²) < 4.78 is 5.34. The van der Waals surface area contributed by atoms with Crippen LogP contribution in [0.2, 0.25) is 0 Å². The van der Waals surface area contributed by atoms with Crippen molar-refractivity contribution in [2.75, 3.05) is 7.11 Å². The van der Waals surface area contributed by atoms with Gasteiger partial charge in [0.2, 0.25) is 0 Å². The molecule has 120 valence electrons. The van der Waals surface area contributed by atoms with Crippen molar-refractivity contribution in [2.24, 2.45) is 0 Å². The number of methoxy groups -OCH3 is 1. The minimum Gasteiger partial charge on any atom is -0.496 e. The number of unbranched alkanes of at least 4 members (excludes halogenated alkanes) is 2. The molecule has 0 aliphatic rings. The lowest BCUT2D eigenvalue weighted by Crippen LogP contribution is -2.17. The van der Waals surface area contributed by atoms with Gasteiger partial charge < -0.3 is 9.84 Å². The van der Waals surface area contributed by atoms with E-state index in [0.717, 1.165) is 37.0 Å². The van der Waals surface area contributed by atoms with Gasteiger partial charge >= 0.3 is 0 Å². The number of rotatable bonds is 7. The van der Waals surface area contributed by atoms with Crippen molar-refractivity contribution in [1.82, 2.24) is 0 Å². The van der Waals surface area contributed by atoms with Crippen LogP contribution < -0.4 is 4.74 Å². The summed E-state index contributed by atoms with van der Waals surface area (Å²) in [6, 6.07) is 6.19. The maximum Gasteiger partial charge on any atom is 0.126 e. The lowest BCUT2D eigenvalue weighted by Gasteiger charge is -2.15. The van der Waals surface area contributed by atoms with Crippen molar-refractivity contribution in [3.8, 4) is 5.75 Å². The van der Waals surface area contributed by atoms with E-state index in [2.05, 4.69) is 31.2 Å². The molecule has 0 saturated heterocycles. The topological polar surface area (TPSA) is 29.5 Å². The van der Waals surface area contributed by atoms with Crippen LogP contribution in [0.3, 0.4) is 0 Å². The first-order chi connectivity index (χ1) is 9.92. The van der Waals surface area contributed by atoms with Gasteiger partial charge in [-0.15, -0.1) is 0 Å². The van der Waals surface area contributed by atoms with Crippen molar-refractivity contribution in [3.05, 3.63) is 35.4 Å². The van der Waals surface area contributed by atoms with E-state index in [1.165, 1.54) is 5.56 Å². The molecule has 0 aliphatic carbocycles. The first-order valence-corrected chi connectivity index (χ1v) is 7.96. The van der Waals surface area contributed by atoms with Gasteiger partial charge in [-0.2, -0.15) is 0 Å². The Labute approximate surface area is 130 Å². The quantitative estimate of drug-likeness (QED) is 0.684. The summed E-state index contributed by atoms with van der Waals surface area (Å²) in [7, 11) is 1.70. The largest absolute Gasteiger partial charge is 0.496 e. The van der Waals surface area contributed by atoms with Gasteiger partial charge in [-0.05, 0) is 52.2 Å². The van der Waals surface area contributed by atoms with Gasteiger partial charge in [-0.25, -0.2) is 0 Å². The number of allylic oxidation sites excluding steroid dienone is 1. The fourth-order valence-electron chi connectivity index (χ4n) is 2.01. The second-order valence-corrected chi connectivity index (χ2v) is 5.71. The van der Waals surface area contributed by atoms with Crippen LogP contribution in [-0.2, 0) is 0 Å². The van der Waals surface area contributed by atoms with Crippen LogP contribution in [0.4, 0.5) is 0 Å². The summed E-state index contributed by atoms with van der Waals surface area (Å²) >= 11 is 0. The fraction of sp³-hybridized carbons (Fsp3) is 0.579. The zero-order valence-electron chi connectivity index (χ0n) is 14.6. The molecule has 0 saturated carbocycles. The highest BCUT2D eigenvalue weighted by Crippen LogP contribution is 2.21. The highest BCUT2D eigenvalue weighted by atomic mass is 16.5. The van der Waals surface area contributed by atoms with Crippen LogP contribution in [0.5, 0.6) is 5.75 Å². The first-order valence-electron chi connectivity index (χ1n) is 7.96. The molecule has 0 spiro atoms. The Bertz CT molecular complexity index is 414. The molecule has 1 aromatic carbocycles. The number of benzene rings is 1. The molecule has 2 heteroatoms. The van der Waals surface area contributed by atoms with Crippen molar-refractivity contribution in [2.45, 2.75) is 65.9 Å². The van der Waals surface area contributed by atoms with E-state index < -0.39 is 5.60 Å². The molecule has 2 nitrogen and oxygen atoms in total. The van der Waals surface area contributed by atoms with Gasteiger partial charge in [0.25, 0.3) is 0 Å². The Morgan fingerprint density at radius 2 is 1.86 bits per heavy atom. The lowest BCUT2D eigenvalue weighted by atomic mass is 10.0. The molecule has 0 aromatic heterocycles. The summed E-state index contributed by atoms with van der Waals surface area (Å²) in [6.07, 6.45) is 8.35. The Morgan fingerprint density at radius 3 is 2.43 bits per heavy atom. The predicted molar refractivity (Wildman–Crippen MR) is 92.9 cm³/mol. The van der Waals surface area contributed by atoms with E-state index in [-0.39, 0.29) is 0 Å². The van der Waals surface area contributed by atoms with E-state index in [1.54, 1.807) is 7.11 Å². The van der Waals surface area contributed by atoms with E-state index in [4.69, 9.17) is 4.74 Å². The highest BCUT2D eigenvalue weighted by molar-refractivity contribution is 5.58. The molecule has 0 unspecified atom stereocenters. The maximum atomic E-state index is 9.62. The van der Waals surface area contributed by atoms with Crippen molar-refractivity contribution in [1.29, 1.82) is 0 Å². The second-order valence-electron chi connectivity index (χ2n) is 5.71. The number of aryl methyl sites for hydroxylation is 1. The molecule has 1 aromatic rings. The summed E-state index contributed by atoms with van der Waals surface area (Å²) in [4.78, 5) is 0. The standard InChI is InChI=1S/C17H26O2.C2H6/c1-14-10-11-16(19-4)15(13-14)9-7-5-6-8-12-17(2,3)18;1-2/h7,9-11,13,18H,5-6,8,12H2,1-4H3;1-2H3/b9-7+;. The molecule has 0 aliphatic heterocycles. The minimum absolute atomic E-state index is 0.538. The third kappa shape index (κ3) is 9.30. The van der Waals surface area contributed by atoms with Crippen LogP contribution in [0.25, 0.3) is 6.08 Å². The third-order valence-electron chi connectivity index (χ3n) is 3.09.